The summed E-state index contributed by atoms with van der Waals surface area (Å²) in [6.45, 7) is 6.14. The smallest absolute Gasteiger partial charge is 0.130 e. The molecule has 0 aliphatic carbocycles. The highest BCUT2D eigenvalue weighted by molar-refractivity contribution is 5.85. The number of nitrogens with one attached hydrogen (secondary N) is 2. The summed E-state index contributed by atoms with van der Waals surface area (Å²) in [5.74, 6) is 1.03. The highest BCUT2D eigenvalue weighted by Crippen LogP contribution is 2.26. The number of rotatable bonds is 1. The standard InChI is InChI=1S/C10H15N3.2ClH/c1-6-7(2)13-10(11-3)9-5-12-4-8(6)9;;/h12H,4-5H2,1-3H3,(H,11,13);2*1H. The summed E-state index contributed by atoms with van der Waals surface area (Å²) in [7, 11) is 1.93. The first-order chi connectivity index (χ1) is 6.24. The van der Waals surface area contributed by atoms with E-state index in [9.17, 15) is 0 Å². The van der Waals surface area contributed by atoms with Crippen LogP contribution in [0.15, 0.2) is 0 Å². The minimum absolute atomic E-state index is 0. The summed E-state index contributed by atoms with van der Waals surface area (Å²) in [6.07, 6.45) is 0. The van der Waals surface area contributed by atoms with E-state index < -0.39 is 0 Å². The van der Waals surface area contributed by atoms with Crippen LogP contribution in [0.3, 0.4) is 0 Å². The molecule has 1 aromatic heterocycles. The van der Waals surface area contributed by atoms with Crippen molar-refractivity contribution in [1.29, 1.82) is 0 Å². The molecule has 0 saturated heterocycles. The van der Waals surface area contributed by atoms with Gasteiger partial charge in [-0.25, -0.2) is 4.98 Å². The molecule has 2 N–H and O–H groups in total. The van der Waals surface area contributed by atoms with Gasteiger partial charge in [-0.3, -0.25) is 0 Å². The van der Waals surface area contributed by atoms with Gasteiger partial charge in [-0.1, -0.05) is 0 Å². The van der Waals surface area contributed by atoms with Gasteiger partial charge < -0.3 is 10.6 Å². The molecule has 2 heterocycles. The Bertz CT molecular complexity index is 353. The first-order valence-electron chi connectivity index (χ1n) is 4.61. The van der Waals surface area contributed by atoms with Crippen molar-refractivity contribution >= 4 is 30.6 Å². The fraction of sp³-hybridized carbons (Fsp3) is 0.500. The second-order valence-corrected chi connectivity index (χ2v) is 3.48. The molecule has 1 aliphatic rings. The van der Waals surface area contributed by atoms with Gasteiger partial charge in [0.1, 0.15) is 5.82 Å². The molecule has 0 unspecified atom stereocenters. The number of fused-ring (bicyclic) bond motifs is 1. The minimum atomic E-state index is 0. The zero-order chi connectivity index (χ0) is 9.42. The lowest BCUT2D eigenvalue weighted by molar-refractivity contribution is 0.763. The molecule has 3 nitrogen and oxygen atoms in total. The van der Waals surface area contributed by atoms with E-state index in [1.54, 1.807) is 0 Å². The van der Waals surface area contributed by atoms with Crippen LogP contribution in [0, 0.1) is 13.8 Å². The number of pyridine rings is 1. The van der Waals surface area contributed by atoms with Gasteiger partial charge in [0.25, 0.3) is 0 Å². The molecule has 5 heteroatoms. The van der Waals surface area contributed by atoms with E-state index in [1.165, 1.54) is 16.7 Å². The monoisotopic (exact) mass is 249 g/mol. The third kappa shape index (κ3) is 2.36. The van der Waals surface area contributed by atoms with Gasteiger partial charge in [-0.2, -0.15) is 0 Å². The molecular weight excluding hydrogens is 233 g/mol. The molecule has 0 bridgehead atoms. The van der Waals surface area contributed by atoms with Gasteiger partial charge in [0.05, 0.1) is 0 Å². The van der Waals surface area contributed by atoms with Crippen LogP contribution in [0.25, 0.3) is 0 Å². The topological polar surface area (TPSA) is 37.0 Å². The van der Waals surface area contributed by atoms with E-state index >= 15 is 0 Å². The minimum Gasteiger partial charge on any atom is -0.373 e. The van der Waals surface area contributed by atoms with Gasteiger partial charge in [0.15, 0.2) is 0 Å². The third-order valence-electron chi connectivity index (χ3n) is 2.77. The zero-order valence-electron chi connectivity index (χ0n) is 9.18. The van der Waals surface area contributed by atoms with Crippen molar-refractivity contribution < 1.29 is 0 Å². The lowest BCUT2D eigenvalue weighted by atomic mass is 10.0. The largest absolute Gasteiger partial charge is 0.373 e. The lowest BCUT2D eigenvalue weighted by Crippen LogP contribution is -2.03. The van der Waals surface area contributed by atoms with E-state index in [1.807, 2.05) is 7.05 Å². The van der Waals surface area contributed by atoms with E-state index in [-0.39, 0.29) is 24.8 Å². The van der Waals surface area contributed by atoms with Gasteiger partial charge in [-0.05, 0) is 25.0 Å². The number of aromatic nitrogens is 1. The molecule has 86 valence electrons. The predicted octanol–water partition coefficient (Wildman–Crippen LogP) is 2.19. The summed E-state index contributed by atoms with van der Waals surface area (Å²) in [6, 6.07) is 0. The Kier molecular flexibility index (Phi) is 5.35. The second kappa shape index (κ2) is 5.54. The van der Waals surface area contributed by atoms with Gasteiger partial charge in [-0.15, -0.1) is 24.8 Å². The average molecular weight is 250 g/mol. The molecule has 0 aromatic carbocycles. The lowest BCUT2D eigenvalue weighted by Gasteiger charge is -2.11. The third-order valence-corrected chi connectivity index (χ3v) is 2.77. The number of nitrogens with zero attached hydrogens (tertiary/aromatic N) is 1. The van der Waals surface area contributed by atoms with Crippen LogP contribution in [0.5, 0.6) is 0 Å². The van der Waals surface area contributed by atoms with Crippen LogP contribution in [0.1, 0.15) is 22.4 Å². The summed E-state index contributed by atoms with van der Waals surface area (Å²) in [5, 5.41) is 6.49. The van der Waals surface area contributed by atoms with Crippen molar-refractivity contribution in [2.45, 2.75) is 26.9 Å². The fourth-order valence-electron chi connectivity index (χ4n) is 1.86. The Balaban J connectivity index is 0.000000980. The molecule has 0 saturated carbocycles. The van der Waals surface area contributed by atoms with Crippen molar-refractivity contribution in [3.8, 4) is 0 Å². The first-order valence-corrected chi connectivity index (χ1v) is 4.61. The zero-order valence-corrected chi connectivity index (χ0v) is 10.8. The predicted molar refractivity (Wildman–Crippen MR) is 68.3 cm³/mol. The molecule has 0 atom stereocenters. The number of halogens is 2. The molecule has 0 fully saturated rings. The first kappa shape index (κ1) is 14.5. The molecule has 1 aliphatic heterocycles. The molecule has 1 aromatic rings. The van der Waals surface area contributed by atoms with Crippen LogP contribution < -0.4 is 10.6 Å². The maximum Gasteiger partial charge on any atom is 0.130 e. The molecule has 0 amide bonds. The maximum absolute atomic E-state index is 4.51. The highest BCUT2D eigenvalue weighted by Gasteiger charge is 2.18. The summed E-state index contributed by atoms with van der Waals surface area (Å²) < 4.78 is 0. The molecule has 2 rings (SSSR count). The number of aryl methyl sites for hydroxylation is 1. The average Bonchev–Trinajstić information content (AvgIpc) is 2.60. The van der Waals surface area contributed by atoms with Gasteiger partial charge >= 0.3 is 0 Å². The van der Waals surface area contributed by atoms with Gasteiger partial charge in [0.2, 0.25) is 0 Å². The van der Waals surface area contributed by atoms with E-state index in [4.69, 9.17) is 0 Å². The fourth-order valence-corrected chi connectivity index (χ4v) is 1.86. The van der Waals surface area contributed by atoms with Crippen LogP contribution >= 0.6 is 24.8 Å². The van der Waals surface area contributed by atoms with E-state index in [2.05, 4.69) is 29.5 Å². The Hall–Kier alpha value is -0.510. The number of hydrogen-bond donors (Lipinski definition) is 2. The molecule has 0 spiro atoms. The Morgan fingerprint density at radius 3 is 2.33 bits per heavy atom. The van der Waals surface area contributed by atoms with Crippen LogP contribution in [-0.2, 0) is 13.1 Å². The van der Waals surface area contributed by atoms with Crippen molar-refractivity contribution in [2.24, 2.45) is 0 Å². The quantitative estimate of drug-likeness (QED) is 0.802. The van der Waals surface area contributed by atoms with Crippen LogP contribution in [0.2, 0.25) is 0 Å². The van der Waals surface area contributed by atoms with Crippen molar-refractivity contribution in [3.05, 3.63) is 22.4 Å². The highest BCUT2D eigenvalue weighted by atomic mass is 35.5. The van der Waals surface area contributed by atoms with Crippen LogP contribution in [0.4, 0.5) is 5.82 Å². The molecule has 0 radical (unpaired) electrons. The summed E-state index contributed by atoms with van der Waals surface area (Å²) in [4.78, 5) is 4.51. The Morgan fingerprint density at radius 1 is 1.13 bits per heavy atom. The summed E-state index contributed by atoms with van der Waals surface area (Å²) in [5.41, 5.74) is 5.23. The van der Waals surface area contributed by atoms with Crippen molar-refractivity contribution in [3.63, 3.8) is 0 Å². The van der Waals surface area contributed by atoms with Crippen LogP contribution in [-0.4, -0.2) is 12.0 Å². The summed E-state index contributed by atoms with van der Waals surface area (Å²) >= 11 is 0. The normalized spacial score (nSPS) is 12.5. The molecule has 15 heavy (non-hydrogen) atoms. The van der Waals surface area contributed by atoms with E-state index in [0.717, 1.165) is 24.6 Å². The number of hydrogen-bond acceptors (Lipinski definition) is 3. The number of anilines is 1. The maximum atomic E-state index is 4.51. The Morgan fingerprint density at radius 2 is 1.73 bits per heavy atom. The van der Waals surface area contributed by atoms with E-state index in [0.29, 0.717) is 0 Å². The SMILES string of the molecule is CNc1nc(C)c(C)c2c1CNC2.Cl.Cl. The van der Waals surface area contributed by atoms with Crippen molar-refractivity contribution in [1.82, 2.24) is 10.3 Å². The Labute approximate surface area is 103 Å². The van der Waals surface area contributed by atoms with Gasteiger partial charge in [0, 0.05) is 31.4 Å². The molecular formula is C10H17Cl2N3. The second-order valence-electron chi connectivity index (χ2n) is 3.48. The van der Waals surface area contributed by atoms with Crippen molar-refractivity contribution in [2.75, 3.05) is 12.4 Å².